The largest absolute Gasteiger partial charge is 0.465 e. The Morgan fingerprint density at radius 3 is 2.68 bits per heavy atom. The summed E-state index contributed by atoms with van der Waals surface area (Å²) in [6.45, 7) is 1.61. The highest BCUT2D eigenvalue weighted by atomic mass is 32.2. The van der Waals surface area contributed by atoms with E-state index in [0.717, 1.165) is 23.9 Å². The molecule has 0 amide bonds. The van der Waals surface area contributed by atoms with Crippen LogP contribution in [0.5, 0.6) is 0 Å². The van der Waals surface area contributed by atoms with Gasteiger partial charge in [-0.25, -0.2) is 9.78 Å². The fraction of sp³-hybridized carbons (Fsp3) is 0.182. The SMILES string of the molecule is COC(=O)c1cc(CSc2nc3cc([N+](=O)[O-])ccc3n2-c2cccc(C(F)(F)F)c2)oc1C. The van der Waals surface area contributed by atoms with Gasteiger partial charge in [0.05, 0.1) is 34.4 Å². The van der Waals surface area contributed by atoms with Gasteiger partial charge in [-0.05, 0) is 37.3 Å². The lowest BCUT2D eigenvalue weighted by Crippen LogP contribution is -2.06. The normalized spacial score (nSPS) is 11.7. The second-order valence-corrected chi connectivity index (χ2v) is 8.11. The van der Waals surface area contributed by atoms with Gasteiger partial charge in [0.25, 0.3) is 5.69 Å². The summed E-state index contributed by atoms with van der Waals surface area (Å²) in [5.74, 6) is 0.435. The van der Waals surface area contributed by atoms with E-state index >= 15 is 0 Å². The Hall–Kier alpha value is -3.80. The van der Waals surface area contributed by atoms with Crippen LogP contribution >= 0.6 is 11.8 Å². The van der Waals surface area contributed by atoms with E-state index in [1.54, 1.807) is 6.92 Å². The van der Waals surface area contributed by atoms with Crippen LogP contribution in [-0.2, 0) is 16.7 Å². The third-order valence-corrected chi connectivity index (χ3v) is 5.93. The highest BCUT2D eigenvalue weighted by Gasteiger charge is 2.31. The van der Waals surface area contributed by atoms with Gasteiger partial charge in [0.2, 0.25) is 0 Å². The monoisotopic (exact) mass is 491 g/mol. The third kappa shape index (κ3) is 4.49. The number of ether oxygens (including phenoxy) is 1. The number of nitrogens with zero attached hydrogens (tertiary/aromatic N) is 3. The number of hydrogen-bond donors (Lipinski definition) is 0. The molecule has 0 unspecified atom stereocenters. The molecule has 2 heterocycles. The van der Waals surface area contributed by atoms with Gasteiger partial charge in [0.1, 0.15) is 17.1 Å². The van der Waals surface area contributed by atoms with Crippen LogP contribution < -0.4 is 0 Å². The standard InChI is InChI=1S/C22H16F3N3O5S/c1-12-17(20(29)32-2)10-16(33-12)11-34-21-26-18-9-15(28(30)31)6-7-19(18)27(21)14-5-3-4-13(8-14)22(23,24)25/h3-10H,11H2,1-2H3. The first-order chi connectivity index (χ1) is 16.1. The van der Waals surface area contributed by atoms with E-state index in [9.17, 15) is 28.1 Å². The minimum Gasteiger partial charge on any atom is -0.465 e. The first-order valence-electron chi connectivity index (χ1n) is 9.73. The predicted molar refractivity (Wildman–Crippen MR) is 117 cm³/mol. The third-order valence-electron chi connectivity index (χ3n) is 4.97. The molecule has 0 atom stereocenters. The number of rotatable bonds is 6. The molecule has 0 aliphatic carbocycles. The van der Waals surface area contributed by atoms with E-state index in [1.165, 1.54) is 48.1 Å². The summed E-state index contributed by atoms with van der Waals surface area (Å²) in [6, 6.07) is 10.2. The van der Waals surface area contributed by atoms with E-state index in [0.29, 0.717) is 22.2 Å². The Kier molecular flexibility index (Phi) is 6.09. The number of furan rings is 1. The molecule has 0 N–H and O–H groups in total. The molecule has 4 rings (SSSR count). The highest BCUT2D eigenvalue weighted by Crippen LogP contribution is 2.35. The lowest BCUT2D eigenvalue weighted by molar-refractivity contribution is -0.384. The number of methoxy groups -OCH3 is 1. The van der Waals surface area contributed by atoms with Crippen LogP contribution in [0.3, 0.4) is 0 Å². The van der Waals surface area contributed by atoms with Crippen molar-refractivity contribution in [3.05, 3.63) is 81.3 Å². The number of alkyl halides is 3. The van der Waals surface area contributed by atoms with Crippen molar-refractivity contribution in [1.29, 1.82) is 0 Å². The van der Waals surface area contributed by atoms with Gasteiger partial charge < -0.3 is 9.15 Å². The Morgan fingerprint density at radius 1 is 1.24 bits per heavy atom. The van der Waals surface area contributed by atoms with E-state index < -0.39 is 22.6 Å². The average Bonchev–Trinajstić information content (AvgIpc) is 3.35. The topological polar surface area (TPSA) is 100 Å². The van der Waals surface area contributed by atoms with Crippen molar-refractivity contribution in [3.8, 4) is 5.69 Å². The number of hydrogen-bond acceptors (Lipinski definition) is 7. The molecule has 12 heteroatoms. The number of carbonyl (C=O) groups is 1. The van der Waals surface area contributed by atoms with E-state index in [4.69, 9.17) is 9.15 Å². The van der Waals surface area contributed by atoms with Crippen molar-refractivity contribution in [2.24, 2.45) is 0 Å². The molecule has 0 spiro atoms. The first-order valence-corrected chi connectivity index (χ1v) is 10.7. The first kappa shape index (κ1) is 23.4. The van der Waals surface area contributed by atoms with Gasteiger partial charge in [0.15, 0.2) is 5.16 Å². The average molecular weight is 491 g/mol. The minimum atomic E-state index is -4.55. The lowest BCUT2D eigenvalue weighted by Gasteiger charge is -2.12. The van der Waals surface area contributed by atoms with Crippen LogP contribution in [0.4, 0.5) is 18.9 Å². The van der Waals surface area contributed by atoms with E-state index in [1.807, 2.05) is 0 Å². The zero-order valence-electron chi connectivity index (χ0n) is 17.8. The Balaban J connectivity index is 1.78. The van der Waals surface area contributed by atoms with Crippen LogP contribution in [0, 0.1) is 17.0 Å². The molecule has 4 aromatic rings. The molecule has 0 aliphatic rings. The molecule has 0 saturated carbocycles. The number of nitro benzene ring substituents is 1. The fourth-order valence-electron chi connectivity index (χ4n) is 3.39. The molecule has 2 aromatic heterocycles. The van der Waals surface area contributed by atoms with Gasteiger partial charge >= 0.3 is 12.1 Å². The smallest absolute Gasteiger partial charge is 0.416 e. The summed E-state index contributed by atoms with van der Waals surface area (Å²) in [5.41, 5.74) is 0.0779. The van der Waals surface area contributed by atoms with Crippen molar-refractivity contribution in [2.45, 2.75) is 24.0 Å². The molecule has 176 valence electrons. The van der Waals surface area contributed by atoms with Crippen molar-refractivity contribution in [3.63, 3.8) is 0 Å². The number of aryl methyl sites for hydroxylation is 1. The number of thioether (sulfide) groups is 1. The lowest BCUT2D eigenvalue weighted by atomic mass is 10.2. The summed E-state index contributed by atoms with van der Waals surface area (Å²) in [7, 11) is 1.25. The number of imidazole rings is 1. The van der Waals surface area contributed by atoms with Crippen LogP contribution in [0.25, 0.3) is 16.7 Å². The Morgan fingerprint density at radius 2 is 2.00 bits per heavy atom. The summed E-state index contributed by atoms with van der Waals surface area (Å²) < 4.78 is 51.7. The van der Waals surface area contributed by atoms with Gasteiger partial charge in [-0.2, -0.15) is 13.2 Å². The molecule has 8 nitrogen and oxygen atoms in total. The van der Waals surface area contributed by atoms with Gasteiger partial charge in [0, 0.05) is 17.8 Å². The number of carbonyl (C=O) groups excluding carboxylic acids is 1. The number of nitro groups is 1. The summed E-state index contributed by atoms with van der Waals surface area (Å²) >= 11 is 1.14. The number of benzene rings is 2. The Bertz CT molecular complexity index is 1410. The summed E-state index contributed by atoms with van der Waals surface area (Å²) in [4.78, 5) is 26.9. The van der Waals surface area contributed by atoms with Crippen LogP contribution in [0.2, 0.25) is 0 Å². The predicted octanol–water partition coefficient (Wildman–Crippen LogP) is 5.93. The number of aromatic nitrogens is 2. The molecule has 0 radical (unpaired) electrons. The maximum atomic E-state index is 13.3. The number of halogens is 3. The molecule has 0 aliphatic heterocycles. The van der Waals surface area contributed by atoms with Crippen molar-refractivity contribution in [2.75, 3.05) is 7.11 Å². The van der Waals surface area contributed by atoms with Crippen molar-refractivity contribution >= 4 is 34.5 Å². The van der Waals surface area contributed by atoms with Gasteiger partial charge in [-0.1, -0.05) is 17.8 Å². The molecule has 2 aromatic carbocycles. The molecule has 34 heavy (non-hydrogen) atoms. The molecule has 0 saturated heterocycles. The summed E-state index contributed by atoms with van der Waals surface area (Å²) in [5, 5.41) is 11.5. The second kappa shape index (κ2) is 8.86. The highest BCUT2D eigenvalue weighted by molar-refractivity contribution is 7.98. The van der Waals surface area contributed by atoms with Gasteiger partial charge in [-0.15, -0.1) is 0 Å². The zero-order valence-corrected chi connectivity index (χ0v) is 18.6. The molecule has 0 bridgehead atoms. The summed E-state index contributed by atoms with van der Waals surface area (Å²) in [6.07, 6.45) is -4.55. The quantitative estimate of drug-likeness (QED) is 0.143. The molecular formula is C22H16F3N3O5S. The maximum absolute atomic E-state index is 13.3. The van der Waals surface area contributed by atoms with Gasteiger partial charge in [-0.3, -0.25) is 14.7 Å². The molecular weight excluding hydrogens is 475 g/mol. The Labute approximate surface area is 194 Å². The van der Waals surface area contributed by atoms with E-state index in [2.05, 4.69) is 4.98 Å². The van der Waals surface area contributed by atoms with Crippen molar-refractivity contribution in [1.82, 2.24) is 9.55 Å². The van der Waals surface area contributed by atoms with E-state index in [-0.39, 0.29) is 28.2 Å². The number of fused-ring (bicyclic) bond motifs is 1. The minimum absolute atomic E-state index is 0.192. The second-order valence-electron chi connectivity index (χ2n) is 7.17. The maximum Gasteiger partial charge on any atom is 0.416 e. The van der Waals surface area contributed by atoms with Crippen molar-refractivity contribution < 1.29 is 32.0 Å². The number of non-ortho nitro benzene ring substituents is 1. The van der Waals surface area contributed by atoms with Crippen LogP contribution in [0.1, 0.15) is 27.4 Å². The fourth-order valence-corrected chi connectivity index (χ4v) is 4.30. The van der Waals surface area contributed by atoms with Crippen LogP contribution in [-0.4, -0.2) is 27.6 Å². The van der Waals surface area contributed by atoms with Crippen LogP contribution in [0.15, 0.2) is 58.1 Å². The zero-order chi connectivity index (χ0) is 24.6. The molecule has 0 fully saturated rings. The number of esters is 1.